The Labute approximate surface area is 139 Å². The molecule has 0 saturated heterocycles. The van der Waals surface area contributed by atoms with E-state index in [9.17, 15) is 0 Å². The summed E-state index contributed by atoms with van der Waals surface area (Å²) in [5.74, 6) is 0.755. The Morgan fingerprint density at radius 2 is 1.45 bits per heavy atom. The molecule has 22 heavy (non-hydrogen) atoms. The molecule has 0 aliphatic rings. The van der Waals surface area contributed by atoms with Crippen molar-refractivity contribution in [2.45, 2.75) is 92.7 Å². The lowest BCUT2D eigenvalue weighted by Gasteiger charge is -2.52. The maximum Gasteiger partial charge on any atom is 0.0677 e. The molecule has 0 aliphatic carbocycles. The van der Waals surface area contributed by atoms with Crippen LogP contribution in [0.4, 0.5) is 0 Å². The molecule has 2 atom stereocenters. The van der Waals surface area contributed by atoms with E-state index < -0.39 is 0 Å². The Balaban J connectivity index is 4.92. The Morgan fingerprint density at radius 3 is 1.82 bits per heavy atom. The topological polar surface area (TPSA) is 53.3 Å². The second kappa shape index (κ2) is 9.86. The smallest absolute Gasteiger partial charge is 0.0677 e. The molecule has 4 heteroatoms. The molecular weight excluding hydrogens is 272 g/mol. The van der Waals surface area contributed by atoms with Gasteiger partial charge in [0.25, 0.3) is 0 Å². The van der Waals surface area contributed by atoms with E-state index in [1.54, 1.807) is 0 Å². The van der Waals surface area contributed by atoms with E-state index in [1.165, 1.54) is 25.7 Å². The molecule has 0 spiro atoms. The molecule has 0 heterocycles. The molecule has 0 aromatic heterocycles. The van der Waals surface area contributed by atoms with Crippen LogP contribution < -0.4 is 16.6 Å². The third-order valence-electron chi connectivity index (χ3n) is 4.90. The molecule has 4 nitrogen and oxygen atoms in total. The number of nitrogens with one attached hydrogen (secondary N) is 2. The highest BCUT2D eigenvalue weighted by Crippen LogP contribution is 2.36. The standard InChI is InChI=1S/C18H42N4/c1-9-10-13-20-22(21-14-11-12-15(2)3)18(8,16(4)19)17(5,6)7/h15-16,20-21H,9-14,19H2,1-8H3. The molecule has 0 amide bonds. The SMILES string of the molecule is CCCCNN(NCCCC(C)C)C(C)(C(C)N)C(C)(C)C. The van der Waals surface area contributed by atoms with E-state index in [0.29, 0.717) is 0 Å². The molecule has 0 bridgehead atoms. The maximum atomic E-state index is 6.39. The maximum absolute atomic E-state index is 6.39. The zero-order valence-corrected chi connectivity index (χ0v) is 16.4. The zero-order chi connectivity index (χ0) is 17.4. The zero-order valence-electron chi connectivity index (χ0n) is 16.4. The monoisotopic (exact) mass is 314 g/mol. The van der Waals surface area contributed by atoms with Gasteiger partial charge in [-0.15, -0.1) is 0 Å². The summed E-state index contributed by atoms with van der Waals surface area (Å²) < 4.78 is 0. The quantitative estimate of drug-likeness (QED) is 0.402. The Hall–Kier alpha value is -0.160. The van der Waals surface area contributed by atoms with Crippen molar-refractivity contribution < 1.29 is 0 Å². The lowest BCUT2D eigenvalue weighted by molar-refractivity contribution is -0.0845. The van der Waals surface area contributed by atoms with Gasteiger partial charge in [-0.2, -0.15) is 5.12 Å². The number of rotatable bonds is 11. The van der Waals surface area contributed by atoms with Crippen LogP contribution in [-0.4, -0.2) is 29.8 Å². The van der Waals surface area contributed by atoms with Gasteiger partial charge in [-0.1, -0.05) is 48.0 Å². The van der Waals surface area contributed by atoms with E-state index in [0.717, 1.165) is 19.0 Å². The first-order valence-corrected chi connectivity index (χ1v) is 9.10. The number of unbranched alkanes of at least 4 members (excludes halogenated alkanes) is 1. The van der Waals surface area contributed by atoms with Gasteiger partial charge in [0.05, 0.1) is 5.54 Å². The van der Waals surface area contributed by atoms with Crippen molar-refractivity contribution in [1.29, 1.82) is 0 Å². The van der Waals surface area contributed by atoms with Crippen LogP contribution in [0.2, 0.25) is 0 Å². The molecule has 0 aliphatic heterocycles. The lowest BCUT2D eigenvalue weighted by atomic mass is 9.71. The van der Waals surface area contributed by atoms with Gasteiger partial charge in [0, 0.05) is 19.1 Å². The molecule has 0 saturated carbocycles. The average Bonchev–Trinajstić information content (AvgIpc) is 2.38. The van der Waals surface area contributed by atoms with Crippen molar-refractivity contribution in [2.24, 2.45) is 17.1 Å². The minimum absolute atomic E-state index is 0.0548. The first kappa shape index (κ1) is 21.8. The van der Waals surface area contributed by atoms with Crippen molar-refractivity contribution in [3.8, 4) is 0 Å². The normalized spacial score (nSPS) is 17.0. The fraction of sp³-hybridized carbons (Fsp3) is 1.00. The number of hydrogen-bond acceptors (Lipinski definition) is 4. The first-order valence-electron chi connectivity index (χ1n) is 9.10. The van der Waals surface area contributed by atoms with Gasteiger partial charge in [0.2, 0.25) is 0 Å². The van der Waals surface area contributed by atoms with Crippen LogP contribution >= 0.6 is 0 Å². The van der Waals surface area contributed by atoms with Crippen molar-refractivity contribution in [3.63, 3.8) is 0 Å². The van der Waals surface area contributed by atoms with Crippen LogP contribution in [0.5, 0.6) is 0 Å². The number of nitrogens with two attached hydrogens (primary N) is 1. The van der Waals surface area contributed by atoms with E-state index in [-0.39, 0.29) is 17.0 Å². The summed E-state index contributed by atoms with van der Waals surface area (Å²) in [7, 11) is 0. The summed E-state index contributed by atoms with van der Waals surface area (Å²) in [4.78, 5) is 0. The highest BCUT2D eigenvalue weighted by Gasteiger charge is 2.46. The van der Waals surface area contributed by atoms with Gasteiger partial charge in [-0.05, 0) is 44.4 Å². The predicted octanol–water partition coefficient (Wildman–Crippen LogP) is 3.69. The Morgan fingerprint density at radius 1 is 0.955 bits per heavy atom. The molecule has 134 valence electrons. The molecular formula is C18H42N4. The van der Waals surface area contributed by atoms with Gasteiger partial charge in [-0.3, -0.25) is 0 Å². The highest BCUT2D eigenvalue weighted by atomic mass is 15.8. The van der Waals surface area contributed by atoms with Gasteiger partial charge in [-0.25, -0.2) is 10.9 Å². The van der Waals surface area contributed by atoms with Crippen LogP contribution in [0.25, 0.3) is 0 Å². The van der Waals surface area contributed by atoms with E-state index >= 15 is 0 Å². The van der Waals surface area contributed by atoms with Crippen molar-refractivity contribution in [2.75, 3.05) is 13.1 Å². The predicted molar refractivity (Wildman–Crippen MR) is 98.3 cm³/mol. The number of nitrogens with zero attached hydrogens (tertiary/aromatic N) is 1. The molecule has 0 aromatic carbocycles. The summed E-state index contributed by atoms with van der Waals surface area (Å²) in [6, 6.07) is 0.0548. The van der Waals surface area contributed by atoms with Crippen LogP contribution in [0, 0.1) is 11.3 Å². The summed E-state index contributed by atoms with van der Waals surface area (Å²) in [5.41, 5.74) is 13.5. The van der Waals surface area contributed by atoms with Crippen LogP contribution in [0.3, 0.4) is 0 Å². The fourth-order valence-electron chi connectivity index (χ4n) is 2.68. The number of hydrazine groups is 2. The van der Waals surface area contributed by atoms with E-state index in [1.807, 2.05) is 0 Å². The van der Waals surface area contributed by atoms with Crippen molar-refractivity contribution in [1.82, 2.24) is 16.0 Å². The lowest BCUT2D eigenvalue weighted by Crippen LogP contribution is -2.71. The molecule has 0 aromatic rings. The molecule has 4 N–H and O–H groups in total. The van der Waals surface area contributed by atoms with Gasteiger partial charge < -0.3 is 5.73 Å². The molecule has 0 rings (SSSR count). The van der Waals surface area contributed by atoms with Gasteiger partial charge in [0.15, 0.2) is 0 Å². The van der Waals surface area contributed by atoms with Crippen LogP contribution in [0.1, 0.15) is 81.1 Å². The van der Waals surface area contributed by atoms with E-state index in [2.05, 4.69) is 71.4 Å². The fourth-order valence-corrected chi connectivity index (χ4v) is 2.68. The highest BCUT2D eigenvalue weighted by molar-refractivity contribution is 5.00. The largest absolute Gasteiger partial charge is 0.326 e. The van der Waals surface area contributed by atoms with Crippen molar-refractivity contribution in [3.05, 3.63) is 0 Å². The summed E-state index contributed by atoms with van der Waals surface area (Å²) in [6.07, 6.45) is 4.80. The van der Waals surface area contributed by atoms with Crippen LogP contribution in [-0.2, 0) is 0 Å². The van der Waals surface area contributed by atoms with Gasteiger partial charge >= 0.3 is 0 Å². The second-order valence-corrected chi connectivity index (χ2v) is 8.23. The average molecular weight is 315 g/mol. The molecule has 2 unspecified atom stereocenters. The van der Waals surface area contributed by atoms with Crippen LogP contribution in [0.15, 0.2) is 0 Å². The minimum Gasteiger partial charge on any atom is -0.326 e. The summed E-state index contributed by atoms with van der Waals surface area (Å²) in [6.45, 7) is 19.9. The molecule has 0 radical (unpaired) electrons. The second-order valence-electron chi connectivity index (χ2n) is 8.23. The van der Waals surface area contributed by atoms with Crippen molar-refractivity contribution >= 4 is 0 Å². The minimum atomic E-state index is -0.168. The summed E-state index contributed by atoms with van der Waals surface area (Å²) in [5, 5.41) is 2.20. The third kappa shape index (κ3) is 6.53. The third-order valence-corrected chi connectivity index (χ3v) is 4.90. The van der Waals surface area contributed by atoms with Gasteiger partial charge in [0.1, 0.15) is 0 Å². The molecule has 0 fully saturated rings. The van der Waals surface area contributed by atoms with E-state index in [4.69, 9.17) is 5.73 Å². The Kier molecular flexibility index (Phi) is 9.79. The Bertz CT molecular complexity index is 283. The summed E-state index contributed by atoms with van der Waals surface area (Å²) >= 11 is 0. The number of hydrogen-bond donors (Lipinski definition) is 3. The first-order chi connectivity index (χ1) is 10.1.